The number of fused-ring (bicyclic) bond motifs is 1. The molecule has 4 aromatic rings. The Morgan fingerprint density at radius 1 is 0.838 bits per heavy atom. The summed E-state index contributed by atoms with van der Waals surface area (Å²) in [5, 5.41) is 1.08. The summed E-state index contributed by atoms with van der Waals surface area (Å²) in [4.78, 5) is 4.50. The van der Waals surface area contributed by atoms with Gasteiger partial charge in [0.05, 0.1) is 5.69 Å². The zero-order chi connectivity index (χ0) is 26.6. The van der Waals surface area contributed by atoms with E-state index in [0.29, 0.717) is 16.3 Å². The van der Waals surface area contributed by atoms with Crippen LogP contribution in [0.1, 0.15) is 23.1 Å². The molecule has 0 N–H and O–H groups in total. The molecule has 0 atom stereocenters. The minimum atomic E-state index is -4.72. The van der Waals surface area contributed by atoms with Crippen LogP contribution in [0.25, 0.3) is 22.0 Å². The fourth-order valence-electron chi connectivity index (χ4n) is 4.03. The number of ether oxygens (including phenoxy) is 1. The molecule has 2 nitrogen and oxygen atoms in total. The molecule has 0 amide bonds. The molecule has 0 aliphatic rings. The molecule has 1 aromatic heterocycles. The van der Waals surface area contributed by atoms with Gasteiger partial charge in [-0.1, -0.05) is 36.4 Å². The molecule has 0 radical (unpaired) electrons. The molecule has 3 aromatic carbocycles. The Balaban J connectivity index is 1.48. The molecule has 0 aliphatic carbocycles. The molecular weight excluding hydrogens is 492 g/mol. The lowest BCUT2D eigenvalue weighted by atomic mass is 9.98. The average molecular weight is 515 g/mol. The van der Waals surface area contributed by atoms with E-state index in [1.807, 2.05) is 30.5 Å². The van der Waals surface area contributed by atoms with Gasteiger partial charge in [-0.3, -0.25) is 4.98 Å². The van der Waals surface area contributed by atoms with Crippen LogP contribution in [-0.2, 0) is 19.3 Å². The first-order valence-electron chi connectivity index (χ1n) is 11.6. The number of benzene rings is 3. The second kappa shape index (κ2) is 11.1. The molecule has 0 bridgehead atoms. The van der Waals surface area contributed by atoms with Gasteiger partial charge < -0.3 is 4.74 Å². The van der Waals surface area contributed by atoms with Crippen molar-refractivity contribution in [2.45, 2.75) is 31.9 Å². The third-order valence-electron chi connectivity index (χ3n) is 5.91. The van der Waals surface area contributed by atoms with Crippen LogP contribution in [0, 0.1) is 17.5 Å². The fourth-order valence-corrected chi connectivity index (χ4v) is 4.03. The van der Waals surface area contributed by atoms with Gasteiger partial charge in [0.25, 0.3) is 0 Å². The quantitative estimate of drug-likeness (QED) is 0.166. The van der Waals surface area contributed by atoms with E-state index in [1.165, 1.54) is 0 Å². The number of pyridine rings is 1. The van der Waals surface area contributed by atoms with Gasteiger partial charge in [0.2, 0.25) is 0 Å². The van der Waals surface area contributed by atoms with Gasteiger partial charge in [0.1, 0.15) is 5.82 Å². The molecule has 0 aliphatic heterocycles. The number of halogens is 6. The van der Waals surface area contributed by atoms with E-state index in [1.54, 1.807) is 24.3 Å². The first-order valence-corrected chi connectivity index (χ1v) is 11.6. The highest BCUT2D eigenvalue weighted by Crippen LogP contribution is 2.29. The largest absolute Gasteiger partial charge is 0.478 e. The zero-order valence-electron chi connectivity index (χ0n) is 19.7. The fraction of sp³-hybridized carbons (Fsp3) is 0.207. The van der Waals surface area contributed by atoms with Crippen molar-refractivity contribution in [1.29, 1.82) is 0 Å². The van der Waals surface area contributed by atoms with Crippen molar-refractivity contribution in [3.63, 3.8) is 0 Å². The Hall–Kier alpha value is -3.81. The van der Waals surface area contributed by atoms with Crippen molar-refractivity contribution >= 4 is 10.8 Å². The van der Waals surface area contributed by atoms with Gasteiger partial charge >= 0.3 is 6.18 Å². The Morgan fingerprint density at radius 3 is 2.24 bits per heavy atom. The van der Waals surface area contributed by atoms with E-state index in [4.69, 9.17) is 0 Å². The first-order chi connectivity index (χ1) is 17.6. The lowest BCUT2D eigenvalue weighted by Gasteiger charge is -2.12. The number of aryl methyl sites for hydroxylation is 3. The second-order valence-electron chi connectivity index (χ2n) is 8.65. The monoisotopic (exact) mass is 515 g/mol. The third kappa shape index (κ3) is 6.50. The van der Waals surface area contributed by atoms with Crippen molar-refractivity contribution < 1.29 is 31.1 Å². The molecule has 192 valence electrons. The summed E-state index contributed by atoms with van der Waals surface area (Å²) in [6.07, 6.45) is 0.882. The van der Waals surface area contributed by atoms with Gasteiger partial charge in [0, 0.05) is 17.1 Å². The minimum absolute atomic E-state index is 0.0794. The smallest absolute Gasteiger partial charge is 0.422 e. The number of aromatic nitrogens is 1. The van der Waals surface area contributed by atoms with E-state index < -0.39 is 36.0 Å². The summed E-state index contributed by atoms with van der Waals surface area (Å²) < 4.78 is 84.6. The summed E-state index contributed by atoms with van der Waals surface area (Å²) in [5.41, 5.74) is 3.23. The number of alkyl halides is 3. The molecule has 0 saturated carbocycles. The summed E-state index contributed by atoms with van der Waals surface area (Å²) in [7, 11) is 0. The van der Waals surface area contributed by atoms with E-state index in [9.17, 15) is 22.0 Å². The molecule has 0 saturated heterocycles. The van der Waals surface area contributed by atoms with Gasteiger partial charge in [0.15, 0.2) is 24.0 Å². The highest BCUT2D eigenvalue weighted by atomic mass is 19.4. The van der Waals surface area contributed by atoms with Crippen LogP contribution in [0.5, 0.6) is 5.75 Å². The lowest BCUT2D eigenvalue weighted by Crippen LogP contribution is -2.20. The van der Waals surface area contributed by atoms with Crippen LogP contribution in [0.2, 0.25) is 0 Å². The van der Waals surface area contributed by atoms with Crippen LogP contribution < -0.4 is 4.74 Å². The average Bonchev–Trinajstić information content (AvgIpc) is 2.86. The topological polar surface area (TPSA) is 22.1 Å². The van der Waals surface area contributed by atoms with Crippen LogP contribution >= 0.6 is 0 Å². The van der Waals surface area contributed by atoms with Gasteiger partial charge in [-0.2, -0.15) is 13.2 Å². The first kappa shape index (κ1) is 26.3. The van der Waals surface area contributed by atoms with E-state index in [0.717, 1.165) is 41.8 Å². The third-order valence-corrected chi connectivity index (χ3v) is 5.91. The molecule has 0 fully saturated rings. The molecule has 0 unspecified atom stereocenters. The van der Waals surface area contributed by atoms with E-state index in [-0.39, 0.29) is 18.4 Å². The van der Waals surface area contributed by atoms with Gasteiger partial charge in [-0.25, -0.2) is 13.2 Å². The second-order valence-corrected chi connectivity index (χ2v) is 8.65. The number of allylic oxidation sites excluding steroid dienone is 1. The maximum absolute atomic E-state index is 15.2. The summed E-state index contributed by atoms with van der Waals surface area (Å²) in [5.74, 6) is -4.02. The Morgan fingerprint density at radius 2 is 1.59 bits per heavy atom. The molecule has 1 heterocycles. The Labute approximate surface area is 210 Å². The summed E-state index contributed by atoms with van der Waals surface area (Å²) >= 11 is 0. The lowest BCUT2D eigenvalue weighted by molar-refractivity contribution is -0.154. The maximum atomic E-state index is 15.2. The van der Waals surface area contributed by atoms with Crippen molar-refractivity contribution in [1.82, 2.24) is 4.98 Å². The van der Waals surface area contributed by atoms with Gasteiger partial charge in [-0.05, 0) is 72.0 Å². The van der Waals surface area contributed by atoms with Crippen molar-refractivity contribution in [2.24, 2.45) is 0 Å². The number of hydrogen-bond acceptors (Lipinski definition) is 2. The zero-order valence-corrected chi connectivity index (χ0v) is 19.7. The normalized spacial score (nSPS) is 11.6. The van der Waals surface area contributed by atoms with E-state index >= 15 is 4.39 Å². The van der Waals surface area contributed by atoms with Crippen molar-refractivity contribution in [3.8, 4) is 17.0 Å². The molecule has 4 rings (SSSR count). The van der Waals surface area contributed by atoms with Crippen LogP contribution in [0.15, 0.2) is 73.4 Å². The van der Waals surface area contributed by atoms with Crippen LogP contribution in [0.4, 0.5) is 26.3 Å². The van der Waals surface area contributed by atoms with Crippen LogP contribution in [-0.4, -0.2) is 17.8 Å². The molecule has 37 heavy (non-hydrogen) atoms. The summed E-state index contributed by atoms with van der Waals surface area (Å²) in [6.45, 7) is 1.91. The standard InChI is InChI=1S/C29H23F6NO/c1-2-3-4-18-6-12-26(36-16-18)22-10-11-23-21(15-22)9-8-20(27(23)32)7-5-19-13-24(30)28(25(31)14-19)37-17-29(33,34)35/h2,6,8-16H,1,3-5,7,17H2. The Kier molecular flexibility index (Phi) is 7.86. The molecule has 0 spiro atoms. The maximum Gasteiger partial charge on any atom is 0.422 e. The van der Waals surface area contributed by atoms with Crippen molar-refractivity contribution in [2.75, 3.05) is 6.61 Å². The minimum Gasteiger partial charge on any atom is -0.478 e. The number of hydrogen-bond donors (Lipinski definition) is 0. The van der Waals surface area contributed by atoms with Gasteiger partial charge in [-0.15, -0.1) is 6.58 Å². The predicted octanol–water partition coefficient (Wildman–Crippen LogP) is 8.16. The Bertz CT molecular complexity index is 1390. The summed E-state index contributed by atoms with van der Waals surface area (Å²) in [6, 6.07) is 14.4. The predicted molar refractivity (Wildman–Crippen MR) is 131 cm³/mol. The number of nitrogens with zero attached hydrogens (tertiary/aromatic N) is 1. The highest BCUT2D eigenvalue weighted by Gasteiger charge is 2.30. The van der Waals surface area contributed by atoms with Crippen molar-refractivity contribution in [3.05, 3.63) is 108 Å². The van der Waals surface area contributed by atoms with E-state index in [2.05, 4.69) is 16.3 Å². The SMILES string of the molecule is C=CCCc1ccc(-c2ccc3c(F)c(CCc4cc(F)c(OCC(F)(F)F)c(F)c4)ccc3c2)nc1. The number of rotatable bonds is 9. The molecule has 8 heteroatoms. The molecular formula is C29H23F6NO. The highest BCUT2D eigenvalue weighted by molar-refractivity contribution is 5.88. The van der Waals surface area contributed by atoms with Crippen LogP contribution in [0.3, 0.4) is 0 Å².